The van der Waals surface area contributed by atoms with Crippen LogP contribution in [0.3, 0.4) is 0 Å². The number of carbonyl (C=O) groups is 2. The van der Waals surface area contributed by atoms with Crippen LogP contribution in [0.4, 0.5) is 0 Å². The maximum atomic E-state index is 13.7. The first-order valence-corrected chi connectivity index (χ1v) is 21.3. The lowest BCUT2D eigenvalue weighted by Gasteiger charge is -2.40. The lowest BCUT2D eigenvalue weighted by atomic mass is 9.83. The molecule has 0 spiro atoms. The molecule has 262 valence electrons. The zero-order valence-corrected chi connectivity index (χ0v) is 32.1. The monoisotopic (exact) mass is 692 g/mol. The van der Waals surface area contributed by atoms with Crippen molar-refractivity contribution < 1.29 is 28.2 Å². The molecule has 1 heterocycles. The second-order valence-electron chi connectivity index (χ2n) is 14.7. The molecule has 4 rings (SSSR count). The van der Waals surface area contributed by atoms with Crippen molar-refractivity contribution in [3.8, 4) is 5.75 Å². The molecule has 1 aromatic heterocycles. The Hall–Kier alpha value is -2.78. The predicted molar refractivity (Wildman–Crippen MR) is 198 cm³/mol. The molecule has 1 fully saturated rings. The molecule has 0 amide bonds. The van der Waals surface area contributed by atoms with Crippen LogP contribution in [-0.4, -0.2) is 40.4 Å². The molecule has 0 N–H and O–H groups in total. The number of benzene rings is 2. The van der Waals surface area contributed by atoms with Crippen molar-refractivity contribution in [1.82, 2.24) is 0 Å². The normalized spacial score (nSPS) is 19.0. The fraction of sp³-hybridized carbons (Fsp3) is 0.550. The second kappa shape index (κ2) is 17.2. The molecule has 0 radical (unpaired) electrons. The Morgan fingerprint density at radius 3 is 2.29 bits per heavy atom. The third-order valence-corrected chi connectivity index (χ3v) is 15.9. The molecule has 4 atom stereocenters. The van der Waals surface area contributed by atoms with Crippen LogP contribution in [0.2, 0.25) is 18.1 Å². The Bertz CT molecular complexity index is 1460. The summed E-state index contributed by atoms with van der Waals surface area (Å²) < 4.78 is 23.8. The van der Waals surface area contributed by atoms with Crippen LogP contribution < -0.4 is 4.74 Å². The van der Waals surface area contributed by atoms with Gasteiger partial charge < -0.3 is 18.6 Å². The SMILES string of the molecule is CCCCCC(OCc1ccc(OC)cc1)c1ccc([C@H]2[C@@H](O[Si](C)(C)C(C)(C)C)CC(=O)[C@@H]2CCCc2ccc(C(=O)OC)s2)cc1. The fourth-order valence-corrected chi connectivity index (χ4v) is 8.70. The molecule has 6 nitrogen and oxygen atoms in total. The van der Waals surface area contributed by atoms with Crippen molar-refractivity contribution >= 4 is 31.4 Å². The van der Waals surface area contributed by atoms with Crippen LogP contribution in [0.15, 0.2) is 60.7 Å². The summed E-state index contributed by atoms with van der Waals surface area (Å²) in [5.74, 6) is 0.748. The number of hydrogen-bond acceptors (Lipinski definition) is 7. The summed E-state index contributed by atoms with van der Waals surface area (Å²) >= 11 is 1.48. The van der Waals surface area contributed by atoms with E-state index in [9.17, 15) is 9.59 Å². The summed E-state index contributed by atoms with van der Waals surface area (Å²) in [7, 11) is 0.968. The van der Waals surface area contributed by atoms with Gasteiger partial charge in [-0.25, -0.2) is 4.79 Å². The van der Waals surface area contributed by atoms with Gasteiger partial charge in [0, 0.05) is 23.1 Å². The first-order valence-electron chi connectivity index (χ1n) is 17.6. The maximum absolute atomic E-state index is 13.7. The van der Waals surface area contributed by atoms with Crippen molar-refractivity contribution in [2.24, 2.45) is 5.92 Å². The van der Waals surface area contributed by atoms with Gasteiger partial charge in [-0.3, -0.25) is 4.79 Å². The van der Waals surface area contributed by atoms with Gasteiger partial charge in [-0.15, -0.1) is 11.3 Å². The van der Waals surface area contributed by atoms with Crippen molar-refractivity contribution in [1.29, 1.82) is 0 Å². The van der Waals surface area contributed by atoms with Gasteiger partial charge in [0.1, 0.15) is 16.4 Å². The Labute approximate surface area is 293 Å². The van der Waals surface area contributed by atoms with Crippen LogP contribution in [0.25, 0.3) is 0 Å². The Morgan fingerprint density at radius 2 is 1.67 bits per heavy atom. The van der Waals surface area contributed by atoms with Crippen molar-refractivity contribution in [2.45, 2.75) is 122 Å². The highest BCUT2D eigenvalue weighted by Crippen LogP contribution is 2.47. The van der Waals surface area contributed by atoms with E-state index in [1.807, 2.05) is 24.3 Å². The molecule has 1 aliphatic carbocycles. The second-order valence-corrected chi connectivity index (χ2v) is 20.6. The molecule has 1 aliphatic rings. The number of unbranched alkanes of at least 4 members (excludes halogenated alkanes) is 2. The van der Waals surface area contributed by atoms with Crippen molar-refractivity contribution in [2.75, 3.05) is 14.2 Å². The summed E-state index contributed by atoms with van der Waals surface area (Å²) in [5.41, 5.74) is 3.46. The number of aryl methyl sites for hydroxylation is 1. The summed E-state index contributed by atoms with van der Waals surface area (Å²) in [4.78, 5) is 27.4. The predicted octanol–water partition coefficient (Wildman–Crippen LogP) is 10.5. The minimum atomic E-state index is -2.12. The number of carbonyl (C=O) groups excluding carboxylic acids is 2. The summed E-state index contributed by atoms with van der Waals surface area (Å²) in [6.45, 7) is 14.1. The van der Waals surface area contributed by atoms with Crippen LogP contribution >= 0.6 is 11.3 Å². The first-order chi connectivity index (χ1) is 22.9. The van der Waals surface area contributed by atoms with Crippen LogP contribution in [0, 0.1) is 5.92 Å². The number of Topliss-reactive ketones (excluding diaryl/α,β-unsaturated/α-hetero) is 1. The number of ketones is 1. The minimum absolute atomic E-state index is 0.00587. The van der Waals surface area contributed by atoms with E-state index in [0.717, 1.165) is 54.7 Å². The molecule has 1 unspecified atom stereocenters. The van der Waals surface area contributed by atoms with E-state index in [2.05, 4.69) is 77.2 Å². The van der Waals surface area contributed by atoms with E-state index in [1.54, 1.807) is 7.11 Å². The molecular weight excluding hydrogens is 637 g/mol. The molecule has 0 bridgehead atoms. The minimum Gasteiger partial charge on any atom is -0.497 e. The number of ether oxygens (including phenoxy) is 3. The summed E-state index contributed by atoms with van der Waals surface area (Å²) in [6, 6.07) is 20.8. The molecular formula is C40H56O6SSi. The number of hydrogen-bond donors (Lipinski definition) is 0. The van der Waals surface area contributed by atoms with Crippen LogP contribution in [0.1, 0.15) is 116 Å². The Morgan fingerprint density at radius 1 is 0.958 bits per heavy atom. The first kappa shape index (κ1) is 38.0. The lowest BCUT2D eigenvalue weighted by molar-refractivity contribution is -0.121. The highest BCUT2D eigenvalue weighted by atomic mass is 32.1. The Balaban J connectivity index is 1.54. The van der Waals surface area contributed by atoms with Gasteiger partial charge in [0.15, 0.2) is 8.32 Å². The summed E-state index contributed by atoms with van der Waals surface area (Å²) in [5, 5.41) is 0.0476. The zero-order chi connectivity index (χ0) is 34.9. The van der Waals surface area contributed by atoms with Gasteiger partial charge in [-0.2, -0.15) is 0 Å². The third-order valence-electron chi connectivity index (χ3n) is 10.3. The van der Waals surface area contributed by atoms with E-state index >= 15 is 0 Å². The van der Waals surface area contributed by atoms with Crippen molar-refractivity contribution in [3.63, 3.8) is 0 Å². The fourth-order valence-electron chi connectivity index (χ4n) is 6.39. The molecule has 1 saturated carbocycles. The lowest BCUT2D eigenvalue weighted by Crippen LogP contribution is -2.44. The molecule has 3 aromatic rings. The highest BCUT2D eigenvalue weighted by molar-refractivity contribution is 7.13. The average molecular weight is 693 g/mol. The van der Waals surface area contributed by atoms with Crippen LogP contribution in [-0.2, 0) is 31.7 Å². The number of rotatable bonds is 17. The van der Waals surface area contributed by atoms with E-state index in [1.165, 1.54) is 36.0 Å². The van der Waals surface area contributed by atoms with E-state index in [-0.39, 0.29) is 35.1 Å². The zero-order valence-electron chi connectivity index (χ0n) is 30.3. The molecule has 48 heavy (non-hydrogen) atoms. The number of thiophene rings is 1. The van der Waals surface area contributed by atoms with Gasteiger partial charge in [0.05, 0.1) is 33.0 Å². The molecule has 8 heteroatoms. The van der Waals surface area contributed by atoms with E-state index < -0.39 is 8.32 Å². The molecule has 2 aromatic carbocycles. The average Bonchev–Trinajstić information content (AvgIpc) is 3.66. The largest absolute Gasteiger partial charge is 0.497 e. The summed E-state index contributed by atoms with van der Waals surface area (Å²) in [6.07, 6.45) is 7.22. The third kappa shape index (κ3) is 9.90. The van der Waals surface area contributed by atoms with E-state index in [0.29, 0.717) is 23.7 Å². The maximum Gasteiger partial charge on any atom is 0.348 e. The highest BCUT2D eigenvalue weighted by Gasteiger charge is 2.48. The Kier molecular flexibility index (Phi) is 13.7. The smallest absolute Gasteiger partial charge is 0.348 e. The van der Waals surface area contributed by atoms with Crippen molar-refractivity contribution in [3.05, 3.63) is 87.1 Å². The number of methoxy groups -OCH3 is 2. The standard InChI is InChI=1S/C40H56O6SSi/c1-9-10-11-15-35(45-27-28-16-22-31(43-5)23-17-28)29-18-20-30(21-19-29)38-33(14-12-13-32-24-25-37(47-32)39(42)44-6)34(41)26-36(38)46-48(7,8)40(2,3)4/h16-25,33,35-36,38H,9-15,26-27H2,1-8H3/t33-,35?,36-,38+/m0/s1. The van der Waals surface area contributed by atoms with E-state index in [4.69, 9.17) is 18.6 Å². The van der Waals surface area contributed by atoms with Gasteiger partial charge in [-0.1, -0.05) is 83.4 Å². The topological polar surface area (TPSA) is 71.1 Å². The van der Waals surface area contributed by atoms with Crippen LogP contribution in [0.5, 0.6) is 5.75 Å². The van der Waals surface area contributed by atoms with Gasteiger partial charge in [-0.05, 0) is 84.8 Å². The molecule has 0 saturated heterocycles. The van der Waals surface area contributed by atoms with Gasteiger partial charge in [0.25, 0.3) is 0 Å². The van der Waals surface area contributed by atoms with Gasteiger partial charge >= 0.3 is 5.97 Å². The van der Waals surface area contributed by atoms with Gasteiger partial charge in [0.2, 0.25) is 0 Å². The quantitative estimate of drug-likeness (QED) is 0.0797. The number of esters is 1. The molecule has 0 aliphatic heterocycles.